The van der Waals surface area contributed by atoms with Crippen LogP contribution in [0.4, 0.5) is 0 Å². The van der Waals surface area contributed by atoms with Gasteiger partial charge in [0.15, 0.2) is 0 Å². The monoisotopic (exact) mass is 283 g/mol. The minimum atomic E-state index is -1.13. The Morgan fingerprint density at radius 3 is 2.63 bits per heavy atom. The maximum atomic E-state index is 12.0. The summed E-state index contributed by atoms with van der Waals surface area (Å²) in [5.74, 6) is 0.248. The molecule has 4 nitrogen and oxygen atoms in total. The minimum Gasteiger partial charge on any atom is -0.467 e. The normalized spacial score (nSPS) is 15.6. The maximum absolute atomic E-state index is 12.0. The standard InChI is InChI=1S/C14H21NO3S/c1-11(10-16)19-9-8-14(15,13(17)18-2)12-6-4-3-5-7-12/h3-7,11,16H,8-10,15H2,1-2H3. The largest absolute Gasteiger partial charge is 0.467 e. The number of esters is 1. The van der Waals surface area contributed by atoms with Gasteiger partial charge in [-0.05, 0) is 17.7 Å². The smallest absolute Gasteiger partial charge is 0.330 e. The Morgan fingerprint density at radius 2 is 2.11 bits per heavy atom. The number of hydrogen-bond donors (Lipinski definition) is 2. The van der Waals surface area contributed by atoms with Crippen molar-refractivity contribution in [3.63, 3.8) is 0 Å². The molecule has 1 aromatic rings. The zero-order valence-corrected chi connectivity index (χ0v) is 12.2. The van der Waals surface area contributed by atoms with Crippen LogP contribution in [0.5, 0.6) is 0 Å². The lowest BCUT2D eigenvalue weighted by molar-refractivity contribution is -0.147. The second kappa shape index (κ2) is 7.53. The van der Waals surface area contributed by atoms with Gasteiger partial charge in [0, 0.05) is 5.25 Å². The first-order chi connectivity index (χ1) is 9.04. The highest BCUT2D eigenvalue weighted by molar-refractivity contribution is 7.99. The van der Waals surface area contributed by atoms with Crippen LogP contribution in [0.25, 0.3) is 0 Å². The highest BCUT2D eigenvalue weighted by Crippen LogP contribution is 2.26. The van der Waals surface area contributed by atoms with Crippen LogP contribution in [0.2, 0.25) is 0 Å². The second-order valence-corrected chi connectivity index (χ2v) is 5.99. The Labute approximate surface area is 118 Å². The average molecular weight is 283 g/mol. The van der Waals surface area contributed by atoms with E-state index >= 15 is 0 Å². The number of methoxy groups -OCH3 is 1. The number of carbonyl (C=O) groups is 1. The van der Waals surface area contributed by atoms with Gasteiger partial charge in [-0.15, -0.1) is 0 Å². The molecule has 0 saturated heterocycles. The first-order valence-corrected chi connectivity index (χ1v) is 7.24. The van der Waals surface area contributed by atoms with E-state index in [0.717, 1.165) is 5.56 Å². The zero-order chi connectivity index (χ0) is 14.3. The fourth-order valence-electron chi connectivity index (χ4n) is 1.76. The van der Waals surface area contributed by atoms with E-state index in [-0.39, 0.29) is 11.9 Å². The van der Waals surface area contributed by atoms with Crippen molar-refractivity contribution in [3.8, 4) is 0 Å². The number of carbonyl (C=O) groups excluding carboxylic acids is 1. The molecule has 0 amide bonds. The molecule has 1 aromatic carbocycles. The van der Waals surface area contributed by atoms with Crippen LogP contribution in [-0.2, 0) is 15.1 Å². The molecule has 0 spiro atoms. The van der Waals surface area contributed by atoms with Gasteiger partial charge in [-0.1, -0.05) is 37.3 Å². The maximum Gasteiger partial charge on any atom is 0.330 e. The van der Waals surface area contributed by atoms with E-state index in [0.29, 0.717) is 12.2 Å². The SMILES string of the molecule is COC(=O)C(N)(CCSC(C)CO)c1ccccc1. The van der Waals surface area contributed by atoms with Crippen molar-refractivity contribution in [1.29, 1.82) is 0 Å². The van der Waals surface area contributed by atoms with Crippen LogP contribution < -0.4 is 5.73 Å². The van der Waals surface area contributed by atoms with Gasteiger partial charge in [-0.2, -0.15) is 11.8 Å². The summed E-state index contributed by atoms with van der Waals surface area (Å²) >= 11 is 1.59. The van der Waals surface area contributed by atoms with Gasteiger partial charge >= 0.3 is 5.97 Å². The van der Waals surface area contributed by atoms with Gasteiger partial charge in [-0.3, -0.25) is 0 Å². The highest BCUT2D eigenvalue weighted by Gasteiger charge is 2.36. The van der Waals surface area contributed by atoms with Crippen LogP contribution in [0.1, 0.15) is 18.9 Å². The van der Waals surface area contributed by atoms with Crippen molar-refractivity contribution < 1.29 is 14.6 Å². The Hall–Kier alpha value is -1.04. The third-order valence-electron chi connectivity index (χ3n) is 2.99. The first-order valence-electron chi connectivity index (χ1n) is 6.20. The van der Waals surface area contributed by atoms with E-state index in [1.54, 1.807) is 11.8 Å². The van der Waals surface area contributed by atoms with E-state index < -0.39 is 11.5 Å². The van der Waals surface area contributed by atoms with Crippen LogP contribution in [0, 0.1) is 0 Å². The van der Waals surface area contributed by atoms with Crippen molar-refractivity contribution in [3.05, 3.63) is 35.9 Å². The Kier molecular flexibility index (Phi) is 6.34. The Balaban J connectivity index is 2.80. The van der Waals surface area contributed by atoms with Crippen molar-refractivity contribution in [2.45, 2.75) is 24.1 Å². The summed E-state index contributed by atoms with van der Waals surface area (Å²) < 4.78 is 4.83. The molecular formula is C14H21NO3S. The third kappa shape index (κ3) is 4.23. The molecule has 5 heteroatoms. The van der Waals surface area contributed by atoms with Gasteiger partial charge < -0.3 is 15.6 Å². The summed E-state index contributed by atoms with van der Waals surface area (Å²) in [7, 11) is 1.34. The summed E-state index contributed by atoms with van der Waals surface area (Å²) in [6.07, 6.45) is 0.471. The Bertz CT molecular complexity index is 399. The molecule has 0 bridgehead atoms. The first kappa shape index (κ1) is 16.0. The lowest BCUT2D eigenvalue weighted by atomic mass is 9.88. The Morgan fingerprint density at radius 1 is 1.47 bits per heavy atom. The molecule has 0 aliphatic rings. The summed E-state index contributed by atoms with van der Waals surface area (Å²) in [6.45, 7) is 2.05. The number of aliphatic hydroxyl groups excluding tert-OH is 1. The predicted octanol–water partition coefficient (Wildman–Crippen LogP) is 1.52. The van der Waals surface area contributed by atoms with Gasteiger partial charge in [-0.25, -0.2) is 4.79 Å². The third-order valence-corrected chi connectivity index (χ3v) is 4.15. The van der Waals surface area contributed by atoms with Crippen LogP contribution in [0.15, 0.2) is 30.3 Å². The van der Waals surface area contributed by atoms with E-state index in [9.17, 15) is 4.79 Å². The number of ether oxygens (including phenoxy) is 1. The number of thioether (sulfide) groups is 1. The highest BCUT2D eigenvalue weighted by atomic mass is 32.2. The minimum absolute atomic E-state index is 0.117. The topological polar surface area (TPSA) is 72.5 Å². The van der Waals surface area contributed by atoms with E-state index in [2.05, 4.69) is 0 Å². The predicted molar refractivity (Wildman–Crippen MR) is 77.9 cm³/mol. The quantitative estimate of drug-likeness (QED) is 0.742. The molecule has 19 heavy (non-hydrogen) atoms. The zero-order valence-electron chi connectivity index (χ0n) is 11.3. The average Bonchev–Trinajstić information content (AvgIpc) is 2.46. The molecule has 3 N–H and O–H groups in total. The molecule has 2 atom stereocenters. The molecule has 1 rings (SSSR count). The van der Waals surface area contributed by atoms with Crippen molar-refractivity contribution >= 4 is 17.7 Å². The number of hydrogen-bond acceptors (Lipinski definition) is 5. The van der Waals surface area contributed by atoms with Crippen LogP contribution in [0.3, 0.4) is 0 Å². The summed E-state index contributed by atoms with van der Waals surface area (Å²) in [6, 6.07) is 9.24. The number of rotatable bonds is 7. The molecule has 0 heterocycles. The van der Waals surface area contributed by atoms with E-state index in [4.69, 9.17) is 15.6 Å². The number of nitrogens with two attached hydrogens (primary N) is 1. The lowest BCUT2D eigenvalue weighted by Gasteiger charge is -2.27. The molecule has 0 saturated carbocycles. The van der Waals surface area contributed by atoms with Crippen molar-refractivity contribution in [2.75, 3.05) is 19.5 Å². The van der Waals surface area contributed by atoms with E-state index in [1.807, 2.05) is 37.3 Å². The van der Waals surface area contributed by atoms with E-state index in [1.165, 1.54) is 7.11 Å². The van der Waals surface area contributed by atoms with Crippen LogP contribution >= 0.6 is 11.8 Å². The molecular weight excluding hydrogens is 262 g/mol. The second-order valence-electron chi connectivity index (χ2n) is 4.44. The molecule has 0 aromatic heterocycles. The molecule has 2 unspecified atom stereocenters. The summed E-state index contributed by atoms with van der Waals surface area (Å²) in [4.78, 5) is 12.0. The van der Waals surface area contributed by atoms with Gasteiger partial charge in [0.1, 0.15) is 5.54 Å². The summed E-state index contributed by atoms with van der Waals surface area (Å²) in [5.41, 5.74) is 5.87. The molecule has 0 radical (unpaired) electrons. The number of benzene rings is 1. The van der Waals surface area contributed by atoms with Gasteiger partial charge in [0.05, 0.1) is 13.7 Å². The van der Waals surface area contributed by atoms with Crippen LogP contribution in [-0.4, -0.2) is 35.8 Å². The fraction of sp³-hybridized carbons (Fsp3) is 0.500. The summed E-state index contributed by atoms with van der Waals surface area (Å²) in [5, 5.41) is 9.13. The van der Waals surface area contributed by atoms with Gasteiger partial charge in [0.2, 0.25) is 0 Å². The fourth-order valence-corrected chi connectivity index (χ4v) is 2.70. The lowest BCUT2D eigenvalue weighted by Crippen LogP contribution is -2.46. The van der Waals surface area contributed by atoms with Crippen molar-refractivity contribution in [2.24, 2.45) is 5.73 Å². The molecule has 0 aliphatic carbocycles. The van der Waals surface area contributed by atoms with Gasteiger partial charge in [0.25, 0.3) is 0 Å². The molecule has 0 fully saturated rings. The van der Waals surface area contributed by atoms with Crippen molar-refractivity contribution in [1.82, 2.24) is 0 Å². The molecule has 106 valence electrons. The molecule has 0 aliphatic heterocycles. The number of aliphatic hydroxyl groups is 1.